The largest absolute Gasteiger partial charge is 0.330 e. The van der Waals surface area contributed by atoms with Gasteiger partial charge in [-0.2, -0.15) is 0 Å². The van der Waals surface area contributed by atoms with Crippen LogP contribution in [0.4, 0.5) is 0 Å². The summed E-state index contributed by atoms with van der Waals surface area (Å²) in [4.78, 5) is 0. The summed E-state index contributed by atoms with van der Waals surface area (Å²) < 4.78 is 2.40. The van der Waals surface area contributed by atoms with Gasteiger partial charge in [0.05, 0.1) is 0 Å². The van der Waals surface area contributed by atoms with E-state index in [1.54, 1.807) is 0 Å². The minimum absolute atomic E-state index is 0.448. The molecule has 118 valence electrons. The summed E-state index contributed by atoms with van der Waals surface area (Å²) in [6.07, 6.45) is 7.43. The molecule has 0 bridgehead atoms. The zero-order valence-electron chi connectivity index (χ0n) is 13.8. The van der Waals surface area contributed by atoms with E-state index in [4.69, 9.17) is 5.73 Å². The van der Waals surface area contributed by atoms with Crippen LogP contribution in [0.15, 0.2) is 0 Å². The molecule has 2 heterocycles. The van der Waals surface area contributed by atoms with E-state index in [0.29, 0.717) is 17.3 Å². The highest BCUT2D eigenvalue weighted by Gasteiger charge is 2.33. The first-order valence-electron chi connectivity index (χ1n) is 8.61. The Bertz CT molecular complexity index is 477. The molecule has 2 N–H and O–H groups in total. The van der Waals surface area contributed by atoms with Crippen molar-refractivity contribution in [1.82, 2.24) is 14.8 Å². The minimum atomic E-state index is 0.448. The minimum Gasteiger partial charge on any atom is -0.330 e. The predicted molar refractivity (Wildman–Crippen MR) is 85.0 cm³/mol. The average Bonchev–Trinajstić information content (AvgIpc) is 2.89. The molecule has 1 saturated carbocycles. The van der Waals surface area contributed by atoms with Gasteiger partial charge >= 0.3 is 0 Å². The van der Waals surface area contributed by atoms with Crippen molar-refractivity contribution >= 4 is 0 Å². The van der Waals surface area contributed by atoms with Gasteiger partial charge in [0.1, 0.15) is 11.6 Å². The van der Waals surface area contributed by atoms with E-state index in [0.717, 1.165) is 25.4 Å². The Balaban J connectivity index is 1.69. The fraction of sp³-hybridized carbons (Fsp3) is 0.882. The van der Waals surface area contributed by atoms with Crippen LogP contribution in [0.2, 0.25) is 0 Å². The van der Waals surface area contributed by atoms with E-state index in [1.165, 1.54) is 43.8 Å². The molecule has 1 aliphatic carbocycles. The number of fused-ring (bicyclic) bond motifs is 1. The van der Waals surface area contributed by atoms with Crippen molar-refractivity contribution < 1.29 is 0 Å². The van der Waals surface area contributed by atoms with Gasteiger partial charge in [-0.05, 0) is 55.9 Å². The van der Waals surface area contributed by atoms with Crippen LogP contribution in [-0.2, 0) is 13.0 Å². The molecule has 1 atom stereocenters. The molecule has 2 aliphatic rings. The van der Waals surface area contributed by atoms with E-state index in [1.807, 2.05) is 0 Å². The molecular weight excluding hydrogens is 260 g/mol. The lowest BCUT2D eigenvalue weighted by Gasteiger charge is -2.37. The Labute approximate surface area is 128 Å². The molecule has 1 unspecified atom stereocenters. The second-order valence-corrected chi connectivity index (χ2v) is 8.14. The Hall–Kier alpha value is -0.900. The molecule has 1 fully saturated rings. The van der Waals surface area contributed by atoms with Crippen LogP contribution in [0.5, 0.6) is 0 Å². The second-order valence-electron chi connectivity index (χ2n) is 8.14. The summed E-state index contributed by atoms with van der Waals surface area (Å²) in [6, 6.07) is 0. The second kappa shape index (κ2) is 5.71. The Morgan fingerprint density at radius 3 is 2.43 bits per heavy atom. The van der Waals surface area contributed by atoms with E-state index >= 15 is 0 Å². The number of aromatic nitrogens is 3. The van der Waals surface area contributed by atoms with Gasteiger partial charge in [-0.3, -0.25) is 0 Å². The third-order valence-corrected chi connectivity index (χ3v) is 5.74. The summed E-state index contributed by atoms with van der Waals surface area (Å²) in [5.74, 6) is 4.52. The summed E-state index contributed by atoms with van der Waals surface area (Å²) in [5.41, 5.74) is 6.26. The summed E-state index contributed by atoms with van der Waals surface area (Å²) in [7, 11) is 0. The van der Waals surface area contributed by atoms with Crippen LogP contribution in [0.1, 0.15) is 70.4 Å². The van der Waals surface area contributed by atoms with Crippen LogP contribution < -0.4 is 5.73 Å². The van der Waals surface area contributed by atoms with Gasteiger partial charge in [-0.15, -0.1) is 10.2 Å². The van der Waals surface area contributed by atoms with Gasteiger partial charge in [-0.25, -0.2) is 0 Å². The molecule has 4 nitrogen and oxygen atoms in total. The molecular formula is C17H30N4. The van der Waals surface area contributed by atoms with Crippen molar-refractivity contribution in [3.63, 3.8) is 0 Å². The molecule has 21 heavy (non-hydrogen) atoms. The lowest BCUT2D eigenvalue weighted by molar-refractivity contribution is 0.165. The van der Waals surface area contributed by atoms with Gasteiger partial charge in [0, 0.05) is 18.9 Å². The smallest absolute Gasteiger partial charge is 0.136 e. The van der Waals surface area contributed by atoms with Crippen molar-refractivity contribution in [3.05, 3.63) is 11.6 Å². The maximum Gasteiger partial charge on any atom is 0.136 e. The van der Waals surface area contributed by atoms with E-state index in [-0.39, 0.29) is 0 Å². The van der Waals surface area contributed by atoms with Crippen LogP contribution >= 0.6 is 0 Å². The van der Waals surface area contributed by atoms with Crippen molar-refractivity contribution in [2.75, 3.05) is 6.54 Å². The highest BCUT2D eigenvalue weighted by atomic mass is 15.3. The first-order chi connectivity index (χ1) is 9.99. The van der Waals surface area contributed by atoms with E-state index in [9.17, 15) is 0 Å². The lowest BCUT2D eigenvalue weighted by atomic mass is 9.69. The van der Waals surface area contributed by atoms with Crippen molar-refractivity contribution in [1.29, 1.82) is 0 Å². The lowest BCUT2D eigenvalue weighted by Crippen LogP contribution is -2.28. The standard InChI is InChI=1S/C17H30N4/c1-17(2,3)14-6-4-13(5-7-14)16-20-19-15-10-12(11-18)8-9-21(15)16/h12-14H,4-11,18H2,1-3H3. The Morgan fingerprint density at radius 2 is 1.81 bits per heavy atom. The average molecular weight is 290 g/mol. The predicted octanol–water partition coefficient (Wildman–Crippen LogP) is 3.12. The first-order valence-corrected chi connectivity index (χ1v) is 8.61. The van der Waals surface area contributed by atoms with Gasteiger partial charge in [-0.1, -0.05) is 20.8 Å². The number of hydrogen-bond donors (Lipinski definition) is 1. The summed E-state index contributed by atoms with van der Waals surface area (Å²) in [5, 5.41) is 9.00. The molecule has 3 rings (SSSR count). The van der Waals surface area contributed by atoms with E-state index in [2.05, 4.69) is 35.5 Å². The van der Waals surface area contributed by atoms with Crippen LogP contribution in [-0.4, -0.2) is 21.3 Å². The highest BCUT2D eigenvalue weighted by Crippen LogP contribution is 2.43. The molecule has 0 radical (unpaired) electrons. The quantitative estimate of drug-likeness (QED) is 0.910. The van der Waals surface area contributed by atoms with Crippen molar-refractivity contribution in [2.45, 2.75) is 71.8 Å². The van der Waals surface area contributed by atoms with Gasteiger partial charge in [0.25, 0.3) is 0 Å². The normalized spacial score (nSPS) is 30.2. The SMILES string of the molecule is CC(C)(C)C1CCC(c2nnc3n2CCC(CN)C3)CC1. The summed E-state index contributed by atoms with van der Waals surface area (Å²) in [6.45, 7) is 8.98. The fourth-order valence-corrected chi connectivity index (χ4v) is 4.14. The third kappa shape index (κ3) is 3.01. The Morgan fingerprint density at radius 1 is 1.10 bits per heavy atom. The number of hydrogen-bond acceptors (Lipinski definition) is 3. The molecule has 1 aromatic rings. The highest BCUT2D eigenvalue weighted by molar-refractivity contribution is 5.07. The number of nitrogens with two attached hydrogens (primary N) is 1. The summed E-state index contributed by atoms with van der Waals surface area (Å²) >= 11 is 0. The monoisotopic (exact) mass is 290 g/mol. The maximum atomic E-state index is 5.81. The van der Waals surface area contributed by atoms with Crippen LogP contribution in [0.3, 0.4) is 0 Å². The molecule has 0 spiro atoms. The van der Waals surface area contributed by atoms with E-state index < -0.39 is 0 Å². The number of rotatable bonds is 2. The van der Waals surface area contributed by atoms with Crippen molar-refractivity contribution in [3.8, 4) is 0 Å². The number of nitrogens with zero attached hydrogens (tertiary/aromatic N) is 3. The maximum absolute atomic E-state index is 5.81. The van der Waals surface area contributed by atoms with Crippen LogP contribution in [0, 0.1) is 17.3 Å². The van der Waals surface area contributed by atoms with Gasteiger partial charge in [0.15, 0.2) is 0 Å². The third-order valence-electron chi connectivity index (χ3n) is 5.74. The molecule has 0 saturated heterocycles. The Kier molecular flexibility index (Phi) is 4.08. The first kappa shape index (κ1) is 15.0. The molecule has 4 heteroatoms. The molecule has 0 aromatic carbocycles. The molecule has 1 aliphatic heterocycles. The van der Waals surface area contributed by atoms with Gasteiger partial charge in [0.2, 0.25) is 0 Å². The topological polar surface area (TPSA) is 56.7 Å². The van der Waals surface area contributed by atoms with Gasteiger partial charge < -0.3 is 10.3 Å². The van der Waals surface area contributed by atoms with Crippen molar-refractivity contribution in [2.24, 2.45) is 23.0 Å². The zero-order valence-corrected chi connectivity index (χ0v) is 13.8. The van der Waals surface area contributed by atoms with Crippen LogP contribution in [0.25, 0.3) is 0 Å². The fourth-order valence-electron chi connectivity index (χ4n) is 4.14. The molecule has 0 amide bonds. The molecule has 1 aromatic heterocycles. The zero-order chi connectivity index (χ0) is 15.0.